The van der Waals surface area contributed by atoms with Crippen LogP contribution in [0.2, 0.25) is 0 Å². The zero-order chi connectivity index (χ0) is 20.5. The highest BCUT2D eigenvalue weighted by molar-refractivity contribution is 7.21. The maximum Gasteiger partial charge on any atom is 0.291 e. The van der Waals surface area contributed by atoms with Crippen molar-refractivity contribution in [3.8, 4) is 16.3 Å². The smallest absolute Gasteiger partial charge is 0.291 e. The predicted octanol–water partition coefficient (Wildman–Crippen LogP) is 6.36. The molecule has 2 heterocycles. The normalized spacial score (nSPS) is 11.1. The quantitative estimate of drug-likeness (QED) is 0.363. The molecule has 5 rings (SSSR count). The van der Waals surface area contributed by atoms with Gasteiger partial charge in [0.2, 0.25) is 0 Å². The van der Waals surface area contributed by atoms with E-state index in [0.717, 1.165) is 26.2 Å². The second-order valence-corrected chi connectivity index (χ2v) is 7.77. The van der Waals surface area contributed by atoms with Crippen LogP contribution >= 0.6 is 11.3 Å². The minimum absolute atomic E-state index is 0.243. The number of benzene rings is 3. The summed E-state index contributed by atoms with van der Waals surface area (Å²) < 4.78 is 12.5. The Morgan fingerprint density at radius 2 is 1.90 bits per heavy atom. The highest BCUT2D eigenvalue weighted by Gasteiger charge is 2.15. The Morgan fingerprint density at radius 1 is 1.07 bits per heavy atom. The number of carbonyl (C=O) groups is 1. The number of rotatable bonds is 5. The maximum atomic E-state index is 12.7. The van der Waals surface area contributed by atoms with Crippen LogP contribution in [0.25, 0.3) is 31.8 Å². The van der Waals surface area contributed by atoms with Crippen LogP contribution in [0, 0.1) is 0 Å². The number of thiazole rings is 1. The molecule has 0 atom stereocenters. The second-order valence-electron chi connectivity index (χ2n) is 6.74. The first-order valence-corrected chi connectivity index (χ1v) is 10.5. The van der Waals surface area contributed by atoms with Crippen LogP contribution in [0.3, 0.4) is 0 Å². The van der Waals surface area contributed by atoms with Crippen LogP contribution in [-0.4, -0.2) is 17.5 Å². The van der Waals surface area contributed by atoms with Crippen molar-refractivity contribution in [2.45, 2.75) is 6.92 Å². The average Bonchev–Trinajstić information content (AvgIpc) is 3.39. The monoisotopic (exact) mass is 414 g/mol. The molecule has 1 N–H and O–H groups in total. The van der Waals surface area contributed by atoms with Gasteiger partial charge in [0, 0.05) is 16.6 Å². The number of hydrogen-bond acceptors (Lipinski definition) is 5. The number of hydrogen-bond donors (Lipinski definition) is 1. The van der Waals surface area contributed by atoms with Crippen molar-refractivity contribution in [3.63, 3.8) is 0 Å². The molecule has 1 amide bonds. The van der Waals surface area contributed by atoms with Gasteiger partial charge in [-0.25, -0.2) is 4.98 Å². The number of aromatic nitrogens is 1. The first kappa shape index (κ1) is 18.4. The third-order valence-corrected chi connectivity index (χ3v) is 5.80. The van der Waals surface area contributed by atoms with Crippen molar-refractivity contribution in [2.75, 3.05) is 11.9 Å². The molecule has 0 saturated carbocycles. The number of fused-ring (bicyclic) bond motifs is 2. The van der Waals surface area contributed by atoms with E-state index in [1.165, 1.54) is 0 Å². The van der Waals surface area contributed by atoms with E-state index >= 15 is 0 Å². The zero-order valence-electron chi connectivity index (χ0n) is 16.2. The van der Waals surface area contributed by atoms with E-state index < -0.39 is 0 Å². The molecule has 0 spiro atoms. The van der Waals surface area contributed by atoms with Gasteiger partial charge in [0.25, 0.3) is 5.91 Å². The molecule has 6 heteroatoms. The highest BCUT2D eigenvalue weighted by Crippen LogP contribution is 2.31. The molecule has 0 bridgehead atoms. The van der Waals surface area contributed by atoms with E-state index in [9.17, 15) is 4.79 Å². The summed E-state index contributed by atoms with van der Waals surface area (Å²) >= 11 is 1.65. The van der Waals surface area contributed by atoms with Crippen LogP contribution in [0.1, 0.15) is 17.5 Å². The maximum absolute atomic E-state index is 12.7. The molecule has 2 aromatic heterocycles. The number of carbonyl (C=O) groups excluding carboxylic acids is 1. The van der Waals surface area contributed by atoms with Crippen molar-refractivity contribution in [2.24, 2.45) is 0 Å². The summed E-state index contributed by atoms with van der Waals surface area (Å²) in [6.07, 6.45) is 0. The Morgan fingerprint density at radius 3 is 2.70 bits per heavy atom. The number of nitrogens with zero attached hydrogens (tertiary/aromatic N) is 1. The molecule has 5 aromatic rings. The van der Waals surface area contributed by atoms with Crippen LogP contribution < -0.4 is 10.1 Å². The summed E-state index contributed by atoms with van der Waals surface area (Å²) in [5.41, 5.74) is 3.27. The number of nitrogens with one attached hydrogen (secondary N) is 1. The van der Waals surface area contributed by atoms with Gasteiger partial charge in [0.05, 0.1) is 16.8 Å². The van der Waals surface area contributed by atoms with Crippen LogP contribution in [0.5, 0.6) is 5.75 Å². The summed E-state index contributed by atoms with van der Waals surface area (Å²) in [7, 11) is 0. The van der Waals surface area contributed by atoms with E-state index in [1.807, 2.05) is 67.6 Å². The van der Waals surface area contributed by atoms with E-state index in [2.05, 4.69) is 16.4 Å². The van der Waals surface area contributed by atoms with Gasteiger partial charge in [-0.05, 0) is 55.5 Å². The van der Waals surface area contributed by atoms with Gasteiger partial charge in [-0.1, -0.05) is 24.3 Å². The SMILES string of the molecule is CCOc1cccc2cc(C(=O)Nc3ccc(-c4nc5ccccc5s4)cc3)oc12. The standard InChI is InChI=1S/C24H18N2O3S/c1-2-28-19-8-5-6-16-14-20(29-22(16)19)23(27)25-17-12-10-15(11-13-17)24-26-18-7-3-4-9-21(18)30-24/h3-14H,2H2,1H3,(H,25,27). The summed E-state index contributed by atoms with van der Waals surface area (Å²) in [4.78, 5) is 17.3. The molecular formula is C24H18N2O3S. The molecule has 3 aromatic carbocycles. The fourth-order valence-electron chi connectivity index (χ4n) is 3.30. The van der Waals surface area contributed by atoms with Crippen molar-refractivity contribution >= 4 is 44.1 Å². The molecule has 30 heavy (non-hydrogen) atoms. The third kappa shape index (κ3) is 3.42. The lowest BCUT2D eigenvalue weighted by Crippen LogP contribution is -2.10. The number of para-hydroxylation sites is 2. The summed E-state index contributed by atoms with van der Waals surface area (Å²) in [5.74, 6) is 0.572. The van der Waals surface area contributed by atoms with Crippen molar-refractivity contribution in [1.82, 2.24) is 4.98 Å². The second kappa shape index (κ2) is 7.65. The minimum Gasteiger partial charge on any atom is -0.490 e. The highest BCUT2D eigenvalue weighted by atomic mass is 32.1. The first-order valence-electron chi connectivity index (χ1n) is 9.64. The molecular weight excluding hydrogens is 396 g/mol. The largest absolute Gasteiger partial charge is 0.490 e. The minimum atomic E-state index is -0.304. The fraction of sp³-hybridized carbons (Fsp3) is 0.0833. The number of amides is 1. The molecule has 0 fully saturated rings. The average molecular weight is 414 g/mol. The van der Waals surface area contributed by atoms with Gasteiger partial charge in [-0.2, -0.15) is 0 Å². The third-order valence-electron chi connectivity index (χ3n) is 4.72. The fourth-order valence-corrected chi connectivity index (χ4v) is 4.27. The summed E-state index contributed by atoms with van der Waals surface area (Å²) in [6, 6.07) is 23.1. The van der Waals surface area contributed by atoms with Crippen molar-refractivity contribution < 1.29 is 13.9 Å². The molecule has 0 unspecified atom stereocenters. The van der Waals surface area contributed by atoms with Gasteiger partial charge in [0.1, 0.15) is 5.01 Å². The van der Waals surface area contributed by atoms with Gasteiger partial charge in [-0.3, -0.25) is 4.79 Å². The van der Waals surface area contributed by atoms with E-state index in [-0.39, 0.29) is 11.7 Å². The zero-order valence-corrected chi connectivity index (χ0v) is 17.0. The summed E-state index contributed by atoms with van der Waals surface area (Å²) in [5, 5.41) is 4.67. The van der Waals surface area contributed by atoms with Crippen LogP contribution in [0.15, 0.2) is 77.2 Å². The first-order chi connectivity index (χ1) is 14.7. The Balaban J connectivity index is 1.36. The van der Waals surface area contributed by atoms with E-state index in [4.69, 9.17) is 9.15 Å². The van der Waals surface area contributed by atoms with Crippen molar-refractivity contribution in [3.05, 3.63) is 78.6 Å². The van der Waals surface area contributed by atoms with E-state index in [1.54, 1.807) is 17.4 Å². The van der Waals surface area contributed by atoms with E-state index in [0.29, 0.717) is 23.6 Å². The molecule has 5 nitrogen and oxygen atoms in total. The molecule has 0 saturated heterocycles. The molecule has 0 aliphatic carbocycles. The summed E-state index contributed by atoms with van der Waals surface area (Å²) in [6.45, 7) is 2.44. The lowest BCUT2D eigenvalue weighted by Gasteiger charge is -2.04. The molecule has 0 aliphatic rings. The number of furan rings is 1. The van der Waals surface area contributed by atoms with Gasteiger partial charge in [-0.15, -0.1) is 11.3 Å². The Bertz CT molecular complexity index is 1320. The van der Waals surface area contributed by atoms with Gasteiger partial charge >= 0.3 is 0 Å². The molecule has 148 valence electrons. The van der Waals surface area contributed by atoms with Gasteiger partial charge < -0.3 is 14.5 Å². The molecule has 0 aliphatic heterocycles. The van der Waals surface area contributed by atoms with Crippen molar-refractivity contribution in [1.29, 1.82) is 0 Å². The van der Waals surface area contributed by atoms with Crippen LogP contribution in [0.4, 0.5) is 5.69 Å². The number of ether oxygens (including phenoxy) is 1. The lowest BCUT2D eigenvalue weighted by molar-refractivity contribution is 0.0998. The van der Waals surface area contributed by atoms with Crippen LogP contribution in [-0.2, 0) is 0 Å². The Labute approximate surface area is 176 Å². The number of anilines is 1. The Hall–Kier alpha value is -3.64. The topological polar surface area (TPSA) is 64.4 Å². The molecule has 0 radical (unpaired) electrons. The predicted molar refractivity (Wildman–Crippen MR) is 120 cm³/mol. The van der Waals surface area contributed by atoms with Gasteiger partial charge in [0.15, 0.2) is 17.1 Å². The Kier molecular flexibility index (Phi) is 4.69. The lowest BCUT2D eigenvalue weighted by atomic mass is 10.2.